The summed E-state index contributed by atoms with van der Waals surface area (Å²) in [6, 6.07) is 0. The zero-order chi connectivity index (χ0) is 8.43. The Hall–Kier alpha value is -0.870. The Bertz CT molecular complexity index is 210. The largest absolute Gasteiger partial charge is 0.355 e. The van der Waals surface area contributed by atoms with Crippen molar-refractivity contribution in [3.8, 4) is 0 Å². The minimum atomic E-state index is -0.801. The molecule has 0 aromatic rings. The van der Waals surface area contributed by atoms with Gasteiger partial charge in [-0.25, -0.2) is 4.99 Å². The van der Waals surface area contributed by atoms with E-state index in [4.69, 9.17) is 5.73 Å². The molecule has 1 aliphatic rings. The second-order valence-corrected chi connectivity index (χ2v) is 2.55. The first-order chi connectivity index (χ1) is 5.15. The summed E-state index contributed by atoms with van der Waals surface area (Å²) in [6.07, 6.45) is 1.09. The van der Waals surface area contributed by atoms with Gasteiger partial charge in [0.05, 0.1) is 6.67 Å². The molecule has 0 spiro atoms. The average Bonchev–Trinajstić information content (AvgIpc) is 1.85. The van der Waals surface area contributed by atoms with E-state index in [0.717, 1.165) is 11.4 Å². The van der Waals surface area contributed by atoms with Crippen LogP contribution < -0.4 is 5.73 Å². The molecule has 1 aliphatic heterocycles. The van der Waals surface area contributed by atoms with Crippen molar-refractivity contribution in [3.05, 3.63) is 11.8 Å². The highest BCUT2D eigenvalue weighted by Gasteiger charge is 2.16. The van der Waals surface area contributed by atoms with Gasteiger partial charge in [0.2, 0.25) is 6.35 Å². The Kier molecular flexibility index (Phi) is 2.26. The SMILES string of the molecule is CC1=CC(C)=NC(O)N1CN. The van der Waals surface area contributed by atoms with E-state index in [9.17, 15) is 5.11 Å². The van der Waals surface area contributed by atoms with E-state index in [1.54, 1.807) is 4.90 Å². The number of nitrogens with zero attached hydrogens (tertiary/aromatic N) is 2. The molecule has 0 bridgehead atoms. The van der Waals surface area contributed by atoms with E-state index in [0.29, 0.717) is 6.67 Å². The van der Waals surface area contributed by atoms with Crippen molar-refractivity contribution in [2.24, 2.45) is 10.7 Å². The van der Waals surface area contributed by atoms with Crippen molar-refractivity contribution in [1.82, 2.24) is 4.90 Å². The van der Waals surface area contributed by atoms with E-state index in [-0.39, 0.29) is 0 Å². The Labute approximate surface area is 66.0 Å². The van der Waals surface area contributed by atoms with E-state index in [2.05, 4.69) is 4.99 Å². The lowest BCUT2D eigenvalue weighted by Gasteiger charge is -2.29. The molecule has 0 aliphatic carbocycles. The molecule has 0 amide bonds. The molecule has 0 radical (unpaired) electrons. The fourth-order valence-electron chi connectivity index (χ4n) is 1.09. The summed E-state index contributed by atoms with van der Waals surface area (Å²) in [5.74, 6) is 0. The molecule has 0 aromatic carbocycles. The smallest absolute Gasteiger partial charge is 0.226 e. The highest BCUT2D eigenvalue weighted by atomic mass is 16.3. The van der Waals surface area contributed by atoms with Gasteiger partial charge in [0, 0.05) is 11.4 Å². The van der Waals surface area contributed by atoms with Crippen molar-refractivity contribution >= 4 is 5.71 Å². The first kappa shape index (κ1) is 8.23. The monoisotopic (exact) mass is 155 g/mol. The van der Waals surface area contributed by atoms with Crippen molar-refractivity contribution in [2.45, 2.75) is 20.2 Å². The predicted molar refractivity (Wildman–Crippen MR) is 43.8 cm³/mol. The van der Waals surface area contributed by atoms with Crippen molar-refractivity contribution in [3.63, 3.8) is 0 Å². The third-order valence-electron chi connectivity index (χ3n) is 1.67. The summed E-state index contributed by atoms with van der Waals surface area (Å²) in [5, 5.41) is 9.33. The van der Waals surface area contributed by atoms with Gasteiger partial charge < -0.3 is 15.7 Å². The van der Waals surface area contributed by atoms with Gasteiger partial charge in [-0.15, -0.1) is 0 Å². The molecule has 4 heteroatoms. The quantitative estimate of drug-likeness (QED) is 0.554. The molecule has 1 atom stereocenters. The van der Waals surface area contributed by atoms with Crippen LogP contribution in [-0.4, -0.2) is 28.7 Å². The standard InChI is InChI=1S/C7H13N3O/c1-5-3-6(2)10(4-8)7(11)9-5/h3,7,11H,4,8H2,1-2H3. The number of hydrogen-bond acceptors (Lipinski definition) is 4. The number of allylic oxidation sites excluding steroid dienone is 2. The van der Waals surface area contributed by atoms with Crippen LogP contribution in [0.15, 0.2) is 16.8 Å². The minimum Gasteiger partial charge on any atom is -0.355 e. The molecule has 3 N–H and O–H groups in total. The fraction of sp³-hybridized carbons (Fsp3) is 0.571. The van der Waals surface area contributed by atoms with Crippen molar-refractivity contribution in [2.75, 3.05) is 6.67 Å². The topological polar surface area (TPSA) is 61.9 Å². The summed E-state index contributed by atoms with van der Waals surface area (Å²) in [4.78, 5) is 5.55. The highest BCUT2D eigenvalue weighted by molar-refractivity contribution is 5.93. The second-order valence-electron chi connectivity index (χ2n) is 2.55. The molecule has 0 aromatic heterocycles. The minimum absolute atomic E-state index is 0.292. The number of aliphatic imine (C=N–C) groups is 1. The molecule has 4 nitrogen and oxygen atoms in total. The summed E-state index contributed by atoms with van der Waals surface area (Å²) in [5.41, 5.74) is 7.17. The molecule has 1 rings (SSSR count). The number of hydrogen-bond donors (Lipinski definition) is 2. The lowest BCUT2D eigenvalue weighted by Crippen LogP contribution is -2.39. The maximum absolute atomic E-state index is 9.33. The summed E-state index contributed by atoms with van der Waals surface area (Å²) < 4.78 is 0. The predicted octanol–water partition coefficient (Wildman–Crippen LogP) is -0.141. The average molecular weight is 155 g/mol. The first-order valence-corrected chi connectivity index (χ1v) is 3.52. The van der Waals surface area contributed by atoms with Gasteiger partial charge in [-0.3, -0.25) is 0 Å². The van der Waals surface area contributed by atoms with Crippen LogP contribution in [0.5, 0.6) is 0 Å². The number of nitrogens with two attached hydrogens (primary N) is 1. The van der Waals surface area contributed by atoms with Gasteiger partial charge in [-0.05, 0) is 19.9 Å². The van der Waals surface area contributed by atoms with Crippen LogP contribution in [-0.2, 0) is 0 Å². The zero-order valence-electron chi connectivity index (χ0n) is 6.78. The number of rotatable bonds is 1. The number of aliphatic hydroxyl groups excluding tert-OH is 1. The zero-order valence-corrected chi connectivity index (χ0v) is 6.78. The second kappa shape index (κ2) is 3.02. The normalized spacial score (nSPS) is 24.7. The molecule has 0 saturated carbocycles. The van der Waals surface area contributed by atoms with Crippen LogP contribution in [0.3, 0.4) is 0 Å². The van der Waals surface area contributed by atoms with E-state index < -0.39 is 6.35 Å². The van der Waals surface area contributed by atoms with Gasteiger partial charge in [0.1, 0.15) is 0 Å². The van der Waals surface area contributed by atoms with Crippen LogP contribution >= 0.6 is 0 Å². The lowest BCUT2D eigenvalue weighted by molar-refractivity contribution is 0.0360. The van der Waals surface area contributed by atoms with E-state index in [1.807, 2.05) is 19.9 Å². The van der Waals surface area contributed by atoms with Gasteiger partial charge >= 0.3 is 0 Å². The Balaban J connectivity index is 2.82. The summed E-state index contributed by atoms with van der Waals surface area (Å²) >= 11 is 0. The Morgan fingerprint density at radius 1 is 1.73 bits per heavy atom. The van der Waals surface area contributed by atoms with Gasteiger partial charge in [-0.1, -0.05) is 0 Å². The van der Waals surface area contributed by atoms with Crippen LogP contribution in [0.2, 0.25) is 0 Å². The molecular weight excluding hydrogens is 142 g/mol. The van der Waals surface area contributed by atoms with Gasteiger partial charge in [0.15, 0.2) is 0 Å². The van der Waals surface area contributed by atoms with Gasteiger partial charge in [-0.2, -0.15) is 0 Å². The highest BCUT2D eigenvalue weighted by Crippen LogP contribution is 2.12. The van der Waals surface area contributed by atoms with Crippen molar-refractivity contribution < 1.29 is 5.11 Å². The molecular formula is C7H13N3O. The molecule has 0 saturated heterocycles. The molecule has 0 fully saturated rings. The maximum Gasteiger partial charge on any atom is 0.226 e. The Morgan fingerprint density at radius 3 is 2.82 bits per heavy atom. The number of aliphatic hydroxyl groups is 1. The third kappa shape index (κ3) is 1.58. The molecule has 11 heavy (non-hydrogen) atoms. The van der Waals surface area contributed by atoms with E-state index >= 15 is 0 Å². The molecule has 62 valence electrons. The van der Waals surface area contributed by atoms with Crippen LogP contribution in [0.1, 0.15) is 13.8 Å². The summed E-state index contributed by atoms with van der Waals surface area (Å²) in [7, 11) is 0. The lowest BCUT2D eigenvalue weighted by atomic mass is 10.3. The summed E-state index contributed by atoms with van der Waals surface area (Å²) in [6.45, 7) is 4.04. The van der Waals surface area contributed by atoms with Crippen LogP contribution in [0.4, 0.5) is 0 Å². The Morgan fingerprint density at radius 2 is 2.36 bits per heavy atom. The third-order valence-corrected chi connectivity index (χ3v) is 1.67. The first-order valence-electron chi connectivity index (χ1n) is 3.52. The fourth-order valence-corrected chi connectivity index (χ4v) is 1.09. The van der Waals surface area contributed by atoms with Crippen LogP contribution in [0.25, 0.3) is 0 Å². The van der Waals surface area contributed by atoms with Crippen molar-refractivity contribution in [1.29, 1.82) is 0 Å². The maximum atomic E-state index is 9.33. The van der Waals surface area contributed by atoms with Gasteiger partial charge in [0.25, 0.3) is 0 Å². The molecule has 1 heterocycles. The molecule has 1 unspecified atom stereocenters. The van der Waals surface area contributed by atoms with E-state index in [1.165, 1.54) is 0 Å². The van der Waals surface area contributed by atoms with Crippen LogP contribution in [0, 0.1) is 0 Å².